The van der Waals surface area contributed by atoms with Gasteiger partial charge in [-0.15, -0.1) is 0 Å². The number of carbonyl (C=O) groups is 1. The number of nitrogens with zero attached hydrogens (tertiary/aromatic N) is 1. The van der Waals surface area contributed by atoms with Gasteiger partial charge in [0.1, 0.15) is 0 Å². The van der Waals surface area contributed by atoms with Crippen molar-refractivity contribution in [3.63, 3.8) is 0 Å². The highest BCUT2D eigenvalue weighted by atomic mass is 32.2. The van der Waals surface area contributed by atoms with Crippen molar-refractivity contribution >= 4 is 39.0 Å². The lowest BCUT2D eigenvalue weighted by Crippen LogP contribution is -2.11. The summed E-state index contributed by atoms with van der Waals surface area (Å²) in [5, 5.41) is 0.795. The van der Waals surface area contributed by atoms with E-state index in [2.05, 4.69) is 0 Å². The van der Waals surface area contributed by atoms with Crippen molar-refractivity contribution in [2.45, 2.75) is 4.90 Å². The summed E-state index contributed by atoms with van der Waals surface area (Å²) in [6.45, 7) is 0. The molecule has 1 heterocycles. The van der Waals surface area contributed by atoms with Crippen LogP contribution in [0.15, 0.2) is 90.0 Å². The lowest BCUT2D eigenvalue weighted by Gasteiger charge is -2.07. The number of esters is 1. The summed E-state index contributed by atoms with van der Waals surface area (Å²) in [5.41, 5.74) is 2.44. The minimum Gasteiger partial charge on any atom is -0.465 e. The van der Waals surface area contributed by atoms with Gasteiger partial charge in [-0.25, -0.2) is 17.2 Å². The van der Waals surface area contributed by atoms with Gasteiger partial charge in [0, 0.05) is 17.1 Å². The van der Waals surface area contributed by atoms with Crippen LogP contribution in [0.4, 0.5) is 0 Å². The Labute approximate surface area is 174 Å². The lowest BCUT2D eigenvalue weighted by atomic mass is 10.1. The average molecular weight is 417 g/mol. The normalized spacial score (nSPS) is 11.8. The Kier molecular flexibility index (Phi) is 5.25. The van der Waals surface area contributed by atoms with Gasteiger partial charge in [0.2, 0.25) is 0 Å². The minimum atomic E-state index is -3.74. The first-order valence-electron chi connectivity index (χ1n) is 9.28. The molecular weight excluding hydrogens is 398 g/mol. The van der Waals surface area contributed by atoms with Gasteiger partial charge in [0.05, 0.1) is 23.1 Å². The molecule has 5 nitrogen and oxygen atoms in total. The van der Waals surface area contributed by atoms with Crippen LogP contribution in [0.2, 0.25) is 0 Å². The van der Waals surface area contributed by atoms with E-state index in [0.717, 1.165) is 10.9 Å². The Balaban J connectivity index is 1.83. The molecule has 0 fully saturated rings. The van der Waals surface area contributed by atoms with Crippen LogP contribution in [0, 0.1) is 0 Å². The van der Waals surface area contributed by atoms with Crippen molar-refractivity contribution < 1.29 is 17.9 Å². The number of aromatic nitrogens is 1. The zero-order valence-electron chi connectivity index (χ0n) is 16.2. The fourth-order valence-corrected chi connectivity index (χ4v) is 4.73. The average Bonchev–Trinajstić information content (AvgIpc) is 3.17. The molecule has 0 amide bonds. The highest BCUT2D eigenvalue weighted by Crippen LogP contribution is 2.27. The van der Waals surface area contributed by atoms with Crippen LogP contribution in [-0.4, -0.2) is 25.5 Å². The molecule has 3 aromatic carbocycles. The van der Waals surface area contributed by atoms with E-state index in [9.17, 15) is 13.2 Å². The molecule has 0 bridgehead atoms. The van der Waals surface area contributed by atoms with Gasteiger partial charge < -0.3 is 4.74 Å². The fourth-order valence-electron chi connectivity index (χ4n) is 3.33. The molecule has 4 rings (SSSR count). The fraction of sp³-hybridized carbons (Fsp3) is 0.0417. The van der Waals surface area contributed by atoms with E-state index in [0.29, 0.717) is 16.6 Å². The number of ether oxygens (including phenoxy) is 1. The standard InChI is InChI=1S/C24H19NO4S/c1-29-24(26)22-13-6-5-9-18(22)15-16-19-17-25(23-14-8-7-12-21(19)23)30(27,28)20-10-3-2-4-11-20/h2-17H,1H3/b16-15+. The lowest BCUT2D eigenvalue weighted by molar-refractivity contribution is 0.0600. The van der Waals surface area contributed by atoms with Gasteiger partial charge in [0.25, 0.3) is 10.0 Å². The minimum absolute atomic E-state index is 0.220. The van der Waals surface area contributed by atoms with E-state index in [1.807, 2.05) is 24.3 Å². The second-order valence-electron chi connectivity index (χ2n) is 6.63. The maximum absolute atomic E-state index is 13.2. The van der Waals surface area contributed by atoms with Crippen LogP contribution >= 0.6 is 0 Å². The third-order valence-electron chi connectivity index (χ3n) is 4.82. The zero-order valence-corrected chi connectivity index (χ0v) is 17.0. The number of rotatable bonds is 5. The van der Waals surface area contributed by atoms with Crippen LogP contribution in [0.25, 0.3) is 23.1 Å². The van der Waals surface area contributed by atoms with Crippen molar-refractivity contribution in [2.24, 2.45) is 0 Å². The van der Waals surface area contributed by atoms with Crippen LogP contribution in [0.3, 0.4) is 0 Å². The van der Waals surface area contributed by atoms with Gasteiger partial charge in [-0.05, 0) is 29.8 Å². The summed E-state index contributed by atoms with van der Waals surface area (Å²) in [4.78, 5) is 12.2. The highest BCUT2D eigenvalue weighted by Gasteiger charge is 2.20. The van der Waals surface area contributed by atoms with E-state index >= 15 is 0 Å². The summed E-state index contributed by atoms with van der Waals surface area (Å²) in [6, 6.07) is 22.7. The number of hydrogen-bond donors (Lipinski definition) is 0. The molecule has 6 heteroatoms. The second kappa shape index (κ2) is 8.00. The first-order valence-corrected chi connectivity index (χ1v) is 10.7. The molecule has 30 heavy (non-hydrogen) atoms. The number of methoxy groups -OCH3 is 1. The van der Waals surface area contributed by atoms with Crippen molar-refractivity contribution in [2.75, 3.05) is 7.11 Å². The van der Waals surface area contributed by atoms with E-state index in [4.69, 9.17) is 4.74 Å². The van der Waals surface area contributed by atoms with Crippen molar-refractivity contribution in [1.82, 2.24) is 3.97 Å². The molecule has 4 aromatic rings. The monoisotopic (exact) mass is 417 g/mol. The molecule has 0 saturated carbocycles. The Bertz CT molecular complexity index is 1350. The smallest absolute Gasteiger partial charge is 0.338 e. The molecule has 0 aliphatic heterocycles. The third-order valence-corrected chi connectivity index (χ3v) is 6.51. The highest BCUT2D eigenvalue weighted by molar-refractivity contribution is 7.90. The van der Waals surface area contributed by atoms with Crippen LogP contribution in [-0.2, 0) is 14.8 Å². The quantitative estimate of drug-likeness (QED) is 0.436. The Morgan fingerprint density at radius 2 is 1.47 bits per heavy atom. The van der Waals surface area contributed by atoms with Crippen molar-refractivity contribution in [1.29, 1.82) is 0 Å². The van der Waals surface area contributed by atoms with Crippen LogP contribution in [0.5, 0.6) is 0 Å². The summed E-state index contributed by atoms with van der Waals surface area (Å²) in [7, 11) is -2.41. The number of para-hydroxylation sites is 1. The molecule has 150 valence electrons. The molecule has 0 radical (unpaired) electrons. The predicted octanol–water partition coefficient (Wildman–Crippen LogP) is 4.84. The third kappa shape index (κ3) is 3.53. The summed E-state index contributed by atoms with van der Waals surface area (Å²) in [5.74, 6) is -0.427. The molecule has 0 unspecified atom stereocenters. The summed E-state index contributed by atoms with van der Waals surface area (Å²) >= 11 is 0. The topological polar surface area (TPSA) is 65.4 Å². The Hall–Kier alpha value is -3.64. The summed E-state index contributed by atoms with van der Waals surface area (Å²) in [6.07, 6.45) is 5.19. The maximum Gasteiger partial charge on any atom is 0.338 e. The van der Waals surface area contributed by atoms with Gasteiger partial charge in [-0.3, -0.25) is 0 Å². The Morgan fingerprint density at radius 1 is 0.833 bits per heavy atom. The number of hydrogen-bond acceptors (Lipinski definition) is 4. The van der Waals surface area contributed by atoms with Crippen LogP contribution in [0.1, 0.15) is 21.5 Å². The maximum atomic E-state index is 13.2. The van der Waals surface area contributed by atoms with E-state index in [-0.39, 0.29) is 4.90 Å². The van der Waals surface area contributed by atoms with Gasteiger partial charge in [-0.1, -0.05) is 66.7 Å². The van der Waals surface area contributed by atoms with Gasteiger partial charge in [0.15, 0.2) is 0 Å². The summed E-state index contributed by atoms with van der Waals surface area (Å²) < 4.78 is 32.5. The predicted molar refractivity (Wildman–Crippen MR) is 118 cm³/mol. The second-order valence-corrected chi connectivity index (χ2v) is 8.44. The molecule has 0 aliphatic carbocycles. The molecule has 0 N–H and O–H groups in total. The first-order chi connectivity index (χ1) is 14.5. The molecule has 0 aliphatic rings. The first kappa shape index (κ1) is 19.7. The molecule has 1 aromatic heterocycles. The zero-order chi connectivity index (χ0) is 21.1. The van der Waals surface area contributed by atoms with Crippen molar-refractivity contribution in [3.8, 4) is 0 Å². The molecule has 0 spiro atoms. The van der Waals surface area contributed by atoms with E-state index in [1.165, 1.54) is 11.1 Å². The van der Waals surface area contributed by atoms with E-state index in [1.54, 1.807) is 72.9 Å². The number of carbonyl (C=O) groups excluding carboxylic acids is 1. The van der Waals surface area contributed by atoms with E-state index < -0.39 is 16.0 Å². The Morgan fingerprint density at radius 3 is 2.23 bits per heavy atom. The van der Waals surface area contributed by atoms with Gasteiger partial charge >= 0.3 is 5.97 Å². The number of fused-ring (bicyclic) bond motifs is 1. The number of benzene rings is 3. The molecule has 0 atom stereocenters. The van der Waals surface area contributed by atoms with Crippen LogP contribution < -0.4 is 0 Å². The van der Waals surface area contributed by atoms with Crippen molar-refractivity contribution in [3.05, 3.63) is 102 Å². The SMILES string of the molecule is COC(=O)c1ccccc1/C=C/c1cn(S(=O)(=O)c2ccccc2)c2ccccc12. The largest absolute Gasteiger partial charge is 0.465 e. The molecule has 0 saturated heterocycles. The molecular formula is C24H19NO4S. The van der Waals surface area contributed by atoms with Gasteiger partial charge in [-0.2, -0.15) is 0 Å².